The monoisotopic (exact) mass is 444 g/mol. The van der Waals surface area contributed by atoms with Crippen molar-refractivity contribution in [3.8, 4) is 0 Å². The molecule has 0 fully saturated rings. The fraction of sp³-hybridized carbons (Fsp3) is 0.192. The van der Waals surface area contributed by atoms with E-state index in [1.165, 1.54) is 0 Å². The SMILES string of the molecule is CC(C)NC(=O)c1cccc(NC(=O)CNc2cccc(C(=O)NCc3ccccc3)c2)c1. The van der Waals surface area contributed by atoms with E-state index in [1.807, 2.05) is 44.2 Å². The molecule has 170 valence electrons. The second-order valence-corrected chi connectivity index (χ2v) is 7.86. The van der Waals surface area contributed by atoms with Crippen LogP contribution in [0.4, 0.5) is 11.4 Å². The Morgan fingerprint density at radius 2 is 1.39 bits per heavy atom. The highest BCUT2D eigenvalue weighted by atomic mass is 16.2. The summed E-state index contributed by atoms with van der Waals surface area (Å²) in [6, 6.07) is 23.4. The van der Waals surface area contributed by atoms with Crippen LogP contribution < -0.4 is 21.3 Å². The summed E-state index contributed by atoms with van der Waals surface area (Å²) in [6.07, 6.45) is 0. The molecule has 0 spiro atoms. The molecule has 0 unspecified atom stereocenters. The van der Waals surface area contributed by atoms with Crippen molar-refractivity contribution in [2.24, 2.45) is 0 Å². The van der Waals surface area contributed by atoms with Gasteiger partial charge in [0.15, 0.2) is 0 Å². The second-order valence-electron chi connectivity index (χ2n) is 7.86. The van der Waals surface area contributed by atoms with Crippen LogP contribution in [0.3, 0.4) is 0 Å². The van der Waals surface area contributed by atoms with Crippen LogP contribution in [0.5, 0.6) is 0 Å². The third-order valence-electron chi connectivity index (χ3n) is 4.70. The van der Waals surface area contributed by atoms with Crippen molar-refractivity contribution in [3.05, 3.63) is 95.6 Å². The fourth-order valence-electron chi connectivity index (χ4n) is 3.12. The minimum atomic E-state index is -0.268. The van der Waals surface area contributed by atoms with Crippen LogP contribution in [0.15, 0.2) is 78.9 Å². The Bertz CT molecular complexity index is 1110. The average molecular weight is 445 g/mol. The summed E-state index contributed by atoms with van der Waals surface area (Å²) in [7, 11) is 0. The number of amides is 3. The zero-order valence-corrected chi connectivity index (χ0v) is 18.7. The van der Waals surface area contributed by atoms with E-state index in [4.69, 9.17) is 0 Å². The van der Waals surface area contributed by atoms with Crippen molar-refractivity contribution in [3.63, 3.8) is 0 Å². The number of anilines is 2. The molecule has 3 aromatic carbocycles. The van der Waals surface area contributed by atoms with Gasteiger partial charge in [0.05, 0.1) is 6.54 Å². The number of nitrogens with one attached hydrogen (secondary N) is 4. The maximum absolute atomic E-state index is 12.5. The lowest BCUT2D eigenvalue weighted by Crippen LogP contribution is -2.30. The lowest BCUT2D eigenvalue weighted by Gasteiger charge is -2.11. The van der Waals surface area contributed by atoms with Crippen LogP contribution in [0, 0.1) is 0 Å². The molecule has 3 aromatic rings. The van der Waals surface area contributed by atoms with E-state index in [0.717, 1.165) is 5.56 Å². The van der Waals surface area contributed by atoms with Gasteiger partial charge in [-0.25, -0.2) is 0 Å². The Kier molecular flexibility index (Phi) is 8.18. The van der Waals surface area contributed by atoms with Crippen molar-refractivity contribution in [1.82, 2.24) is 10.6 Å². The molecule has 0 aliphatic rings. The molecule has 0 atom stereocenters. The summed E-state index contributed by atoms with van der Waals surface area (Å²) < 4.78 is 0. The van der Waals surface area contributed by atoms with E-state index >= 15 is 0 Å². The molecule has 7 nitrogen and oxygen atoms in total. The van der Waals surface area contributed by atoms with Gasteiger partial charge in [-0.1, -0.05) is 42.5 Å². The first-order valence-electron chi connectivity index (χ1n) is 10.8. The molecule has 7 heteroatoms. The molecule has 0 radical (unpaired) electrons. The number of hydrogen-bond acceptors (Lipinski definition) is 4. The van der Waals surface area contributed by atoms with Crippen LogP contribution in [0.25, 0.3) is 0 Å². The van der Waals surface area contributed by atoms with Gasteiger partial charge in [0, 0.05) is 35.1 Å². The first-order valence-corrected chi connectivity index (χ1v) is 10.8. The topological polar surface area (TPSA) is 99.3 Å². The van der Waals surface area contributed by atoms with Crippen molar-refractivity contribution in [1.29, 1.82) is 0 Å². The number of benzene rings is 3. The number of carbonyl (C=O) groups excluding carboxylic acids is 3. The van der Waals surface area contributed by atoms with Crippen LogP contribution in [-0.4, -0.2) is 30.3 Å². The third-order valence-corrected chi connectivity index (χ3v) is 4.70. The minimum Gasteiger partial charge on any atom is -0.376 e. The van der Waals surface area contributed by atoms with Crippen LogP contribution in [0.2, 0.25) is 0 Å². The van der Waals surface area contributed by atoms with Gasteiger partial charge in [0.25, 0.3) is 11.8 Å². The summed E-state index contributed by atoms with van der Waals surface area (Å²) in [5, 5.41) is 11.5. The first-order chi connectivity index (χ1) is 15.9. The fourth-order valence-corrected chi connectivity index (χ4v) is 3.12. The van der Waals surface area contributed by atoms with Gasteiger partial charge in [-0.15, -0.1) is 0 Å². The molecule has 0 bridgehead atoms. The van der Waals surface area contributed by atoms with Gasteiger partial charge in [-0.3, -0.25) is 14.4 Å². The lowest BCUT2D eigenvalue weighted by molar-refractivity contribution is -0.114. The Balaban J connectivity index is 1.52. The van der Waals surface area contributed by atoms with Crippen LogP contribution in [-0.2, 0) is 11.3 Å². The highest BCUT2D eigenvalue weighted by Gasteiger charge is 2.10. The predicted octanol–water partition coefficient (Wildman–Crippen LogP) is 3.81. The van der Waals surface area contributed by atoms with Crippen molar-refractivity contribution in [2.75, 3.05) is 17.2 Å². The zero-order chi connectivity index (χ0) is 23.6. The Morgan fingerprint density at radius 3 is 2.09 bits per heavy atom. The van der Waals surface area contributed by atoms with Crippen molar-refractivity contribution < 1.29 is 14.4 Å². The number of rotatable bonds is 9. The molecule has 33 heavy (non-hydrogen) atoms. The molecule has 0 saturated carbocycles. The molecule has 3 amide bonds. The lowest BCUT2D eigenvalue weighted by atomic mass is 10.1. The summed E-state index contributed by atoms with van der Waals surface area (Å²) in [5.74, 6) is -0.652. The van der Waals surface area contributed by atoms with Crippen molar-refractivity contribution in [2.45, 2.75) is 26.4 Å². The molecule has 4 N–H and O–H groups in total. The molecular weight excluding hydrogens is 416 g/mol. The maximum Gasteiger partial charge on any atom is 0.251 e. The molecular formula is C26H28N4O3. The molecule has 0 aliphatic heterocycles. The third kappa shape index (κ3) is 7.50. The smallest absolute Gasteiger partial charge is 0.251 e. The molecule has 3 rings (SSSR count). The number of carbonyl (C=O) groups is 3. The molecule has 0 saturated heterocycles. The highest BCUT2D eigenvalue weighted by Crippen LogP contribution is 2.13. The van der Waals surface area contributed by atoms with Gasteiger partial charge in [0.1, 0.15) is 0 Å². The quantitative estimate of drug-likeness (QED) is 0.403. The van der Waals surface area contributed by atoms with Crippen LogP contribution in [0.1, 0.15) is 40.1 Å². The average Bonchev–Trinajstić information content (AvgIpc) is 2.82. The zero-order valence-electron chi connectivity index (χ0n) is 18.7. The van der Waals surface area contributed by atoms with Crippen LogP contribution >= 0.6 is 0 Å². The van der Waals surface area contributed by atoms with Gasteiger partial charge < -0.3 is 21.3 Å². The highest BCUT2D eigenvalue weighted by molar-refractivity contribution is 5.98. The van der Waals surface area contributed by atoms with E-state index in [1.54, 1.807) is 48.5 Å². The van der Waals surface area contributed by atoms with Crippen molar-refractivity contribution >= 4 is 29.1 Å². The summed E-state index contributed by atoms with van der Waals surface area (Å²) in [4.78, 5) is 37.0. The summed E-state index contributed by atoms with van der Waals surface area (Å²) in [6.45, 7) is 4.22. The van der Waals surface area contributed by atoms with Gasteiger partial charge >= 0.3 is 0 Å². The molecule has 0 aromatic heterocycles. The van der Waals surface area contributed by atoms with E-state index in [-0.39, 0.29) is 30.3 Å². The first kappa shape index (κ1) is 23.5. The normalized spacial score (nSPS) is 10.4. The van der Waals surface area contributed by atoms with E-state index in [0.29, 0.717) is 29.0 Å². The Hall–Kier alpha value is -4.13. The number of hydrogen-bond donors (Lipinski definition) is 4. The molecule has 0 aliphatic carbocycles. The standard InChI is InChI=1S/C26H28N4O3/c1-18(2)29-26(33)21-11-7-13-23(15-21)30-24(31)17-27-22-12-6-10-20(14-22)25(32)28-16-19-8-4-3-5-9-19/h3-15,18,27H,16-17H2,1-2H3,(H,28,32)(H,29,33)(H,30,31). The van der Waals surface area contributed by atoms with E-state index < -0.39 is 0 Å². The Morgan fingerprint density at radius 1 is 0.758 bits per heavy atom. The minimum absolute atomic E-state index is 0.0114. The van der Waals surface area contributed by atoms with E-state index in [9.17, 15) is 14.4 Å². The summed E-state index contributed by atoms with van der Waals surface area (Å²) in [5.41, 5.74) is 3.18. The van der Waals surface area contributed by atoms with Gasteiger partial charge in [0.2, 0.25) is 5.91 Å². The second kappa shape index (κ2) is 11.5. The van der Waals surface area contributed by atoms with Gasteiger partial charge in [-0.2, -0.15) is 0 Å². The van der Waals surface area contributed by atoms with E-state index in [2.05, 4.69) is 21.3 Å². The summed E-state index contributed by atoms with van der Waals surface area (Å²) >= 11 is 0. The maximum atomic E-state index is 12.5. The predicted molar refractivity (Wildman–Crippen MR) is 130 cm³/mol. The molecule has 0 heterocycles. The van der Waals surface area contributed by atoms with Gasteiger partial charge in [-0.05, 0) is 55.8 Å². The Labute approximate surface area is 193 Å². The largest absolute Gasteiger partial charge is 0.376 e.